The van der Waals surface area contributed by atoms with Crippen molar-refractivity contribution in [1.29, 1.82) is 0 Å². The van der Waals surface area contributed by atoms with Gasteiger partial charge in [0.2, 0.25) is 5.91 Å². The lowest BCUT2D eigenvalue weighted by molar-refractivity contribution is -0.137. The van der Waals surface area contributed by atoms with Crippen LogP contribution in [0.1, 0.15) is 24.1 Å². The molecule has 9 heteroatoms. The average molecular weight is 402 g/mol. The van der Waals surface area contributed by atoms with E-state index in [1.807, 2.05) is 0 Å². The van der Waals surface area contributed by atoms with Crippen LogP contribution in [-0.2, 0) is 11.0 Å². The summed E-state index contributed by atoms with van der Waals surface area (Å²) >= 11 is 5.71. The van der Waals surface area contributed by atoms with Crippen molar-refractivity contribution in [2.24, 2.45) is 0 Å². The van der Waals surface area contributed by atoms with Crippen LogP contribution >= 0.6 is 11.6 Å². The third-order valence-corrected chi connectivity index (χ3v) is 4.59. The van der Waals surface area contributed by atoms with Crippen molar-refractivity contribution in [3.8, 4) is 0 Å². The molecular formula is C18H16ClF4N3O. The molecule has 1 aromatic carbocycles. The number of anilines is 2. The van der Waals surface area contributed by atoms with E-state index in [2.05, 4.69) is 10.3 Å². The molecule has 1 N–H and O–H groups in total. The van der Waals surface area contributed by atoms with E-state index in [1.54, 1.807) is 4.90 Å². The molecule has 1 amide bonds. The molecule has 2 aromatic rings. The molecule has 0 radical (unpaired) electrons. The van der Waals surface area contributed by atoms with Gasteiger partial charge in [-0.3, -0.25) is 4.79 Å². The molecule has 1 atom stereocenters. The molecule has 1 saturated heterocycles. The van der Waals surface area contributed by atoms with E-state index >= 15 is 0 Å². The lowest BCUT2D eigenvalue weighted by Gasteiger charge is -2.26. The van der Waals surface area contributed by atoms with Gasteiger partial charge in [-0.05, 0) is 50.1 Å². The fourth-order valence-electron chi connectivity index (χ4n) is 3.07. The summed E-state index contributed by atoms with van der Waals surface area (Å²) in [5.74, 6) is -0.912. The summed E-state index contributed by atoms with van der Waals surface area (Å²) in [6, 6.07) is 5.01. The Labute approximate surface area is 158 Å². The third kappa shape index (κ3) is 4.32. The second-order valence-electron chi connectivity index (χ2n) is 6.32. The summed E-state index contributed by atoms with van der Waals surface area (Å²) in [7, 11) is 0. The third-order valence-electron chi connectivity index (χ3n) is 4.30. The number of benzene rings is 1. The van der Waals surface area contributed by atoms with Crippen molar-refractivity contribution in [3.63, 3.8) is 0 Å². The number of alkyl halides is 3. The molecule has 2 heterocycles. The predicted molar refractivity (Wildman–Crippen MR) is 94.4 cm³/mol. The summed E-state index contributed by atoms with van der Waals surface area (Å²) in [5, 5.41) is 2.50. The molecule has 0 saturated carbocycles. The Morgan fingerprint density at radius 3 is 2.70 bits per heavy atom. The van der Waals surface area contributed by atoms with Crippen LogP contribution in [0.2, 0.25) is 5.02 Å². The maximum atomic E-state index is 13.2. The van der Waals surface area contributed by atoms with Crippen LogP contribution in [-0.4, -0.2) is 23.5 Å². The standard InChI is InChI=1S/C18H16ClF4N3O/c1-10-7-11(18(21,22)23)8-16(24-10)26-6-2-3-15(26)17(27)25-12-4-5-14(20)13(19)9-12/h4-5,7-9,15H,2-3,6H2,1H3,(H,25,27)/t15-/m0/s1. The minimum Gasteiger partial charge on any atom is -0.345 e. The van der Waals surface area contributed by atoms with E-state index in [0.717, 1.165) is 18.2 Å². The number of pyridine rings is 1. The fraction of sp³-hybridized carbons (Fsp3) is 0.333. The molecule has 144 valence electrons. The van der Waals surface area contributed by atoms with Crippen molar-refractivity contribution < 1.29 is 22.4 Å². The first kappa shape index (κ1) is 19.4. The summed E-state index contributed by atoms with van der Waals surface area (Å²) in [6.45, 7) is 1.89. The lowest BCUT2D eigenvalue weighted by Crippen LogP contribution is -2.40. The molecule has 3 rings (SSSR count). The summed E-state index contributed by atoms with van der Waals surface area (Å²) in [6.07, 6.45) is -3.39. The Kier molecular flexibility index (Phi) is 5.28. The Morgan fingerprint density at radius 2 is 2.04 bits per heavy atom. The van der Waals surface area contributed by atoms with E-state index in [4.69, 9.17) is 11.6 Å². The first-order valence-corrected chi connectivity index (χ1v) is 8.61. The zero-order valence-electron chi connectivity index (χ0n) is 14.3. The highest BCUT2D eigenvalue weighted by Crippen LogP contribution is 2.33. The minimum absolute atomic E-state index is 0.108. The number of rotatable bonds is 3. The molecule has 1 aliphatic rings. The Hall–Kier alpha value is -2.35. The topological polar surface area (TPSA) is 45.2 Å². The number of aromatic nitrogens is 1. The van der Waals surface area contributed by atoms with Crippen LogP contribution in [0.25, 0.3) is 0 Å². The first-order valence-electron chi connectivity index (χ1n) is 8.23. The quantitative estimate of drug-likeness (QED) is 0.751. The number of hydrogen-bond acceptors (Lipinski definition) is 3. The number of nitrogens with one attached hydrogen (secondary N) is 1. The second-order valence-corrected chi connectivity index (χ2v) is 6.73. The van der Waals surface area contributed by atoms with Gasteiger partial charge < -0.3 is 10.2 Å². The van der Waals surface area contributed by atoms with Gasteiger partial charge in [0.05, 0.1) is 10.6 Å². The van der Waals surface area contributed by atoms with Crippen LogP contribution in [0.5, 0.6) is 0 Å². The van der Waals surface area contributed by atoms with Crippen LogP contribution in [0.3, 0.4) is 0 Å². The molecule has 0 aliphatic carbocycles. The molecule has 0 spiro atoms. The van der Waals surface area contributed by atoms with E-state index in [1.165, 1.54) is 19.1 Å². The lowest BCUT2D eigenvalue weighted by atomic mass is 10.1. The predicted octanol–water partition coefficient (Wildman–Crippen LogP) is 4.81. The fourth-order valence-corrected chi connectivity index (χ4v) is 3.26. The van der Waals surface area contributed by atoms with Crippen molar-refractivity contribution in [3.05, 3.63) is 52.4 Å². The van der Waals surface area contributed by atoms with E-state index in [-0.39, 0.29) is 16.5 Å². The molecule has 1 aromatic heterocycles. The highest BCUT2D eigenvalue weighted by molar-refractivity contribution is 6.31. The summed E-state index contributed by atoms with van der Waals surface area (Å²) in [4.78, 5) is 18.4. The number of nitrogens with zero attached hydrogens (tertiary/aromatic N) is 2. The number of aryl methyl sites for hydroxylation is 1. The van der Waals surface area contributed by atoms with Gasteiger partial charge in [-0.2, -0.15) is 13.2 Å². The van der Waals surface area contributed by atoms with E-state index < -0.39 is 29.5 Å². The van der Waals surface area contributed by atoms with Gasteiger partial charge in [0.15, 0.2) is 0 Å². The van der Waals surface area contributed by atoms with Gasteiger partial charge in [0, 0.05) is 17.9 Å². The summed E-state index contributed by atoms with van der Waals surface area (Å²) < 4.78 is 52.5. The van der Waals surface area contributed by atoms with Crippen LogP contribution in [0.4, 0.5) is 29.1 Å². The summed E-state index contributed by atoms with van der Waals surface area (Å²) in [5.41, 5.74) is -0.274. The highest BCUT2D eigenvalue weighted by atomic mass is 35.5. The van der Waals surface area contributed by atoms with Crippen molar-refractivity contribution in [2.45, 2.75) is 32.0 Å². The van der Waals surface area contributed by atoms with Crippen molar-refractivity contribution in [1.82, 2.24) is 4.98 Å². The van der Waals surface area contributed by atoms with Crippen LogP contribution in [0.15, 0.2) is 30.3 Å². The van der Waals surface area contributed by atoms with Crippen LogP contribution in [0, 0.1) is 12.7 Å². The number of amides is 1. The molecule has 0 bridgehead atoms. The zero-order chi connectivity index (χ0) is 19.8. The smallest absolute Gasteiger partial charge is 0.345 e. The number of carbonyl (C=O) groups is 1. The Balaban J connectivity index is 1.83. The average Bonchev–Trinajstić information content (AvgIpc) is 3.07. The second kappa shape index (κ2) is 7.34. The van der Waals surface area contributed by atoms with Gasteiger partial charge in [-0.15, -0.1) is 0 Å². The maximum Gasteiger partial charge on any atom is 0.416 e. The van der Waals surface area contributed by atoms with Gasteiger partial charge in [0.1, 0.15) is 17.7 Å². The van der Waals surface area contributed by atoms with Gasteiger partial charge in [-0.25, -0.2) is 9.37 Å². The SMILES string of the molecule is Cc1cc(C(F)(F)F)cc(N2CCC[C@H]2C(=O)Nc2ccc(F)c(Cl)c2)n1. The largest absolute Gasteiger partial charge is 0.416 e. The molecule has 4 nitrogen and oxygen atoms in total. The molecular weight excluding hydrogens is 386 g/mol. The van der Waals surface area contributed by atoms with E-state index in [9.17, 15) is 22.4 Å². The first-order chi connectivity index (χ1) is 12.6. The minimum atomic E-state index is -4.50. The normalized spacial score (nSPS) is 17.3. The zero-order valence-corrected chi connectivity index (χ0v) is 15.0. The molecule has 0 unspecified atom stereocenters. The Morgan fingerprint density at radius 1 is 1.30 bits per heavy atom. The number of carbonyl (C=O) groups excluding carboxylic acids is 1. The molecule has 1 aliphatic heterocycles. The van der Waals surface area contributed by atoms with Gasteiger partial charge in [0.25, 0.3) is 0 Å². The highest BCUT2D eigenvalue weighted by Gasteiger charge is 2.35. The van der Waals surface area contributed by atoms with E-state index in [0.29, 0.717) is 25.1 Å². The number of hydrogen-bond donors (Lipinski definition) is 1. The maximum absolute atomic E-state index is 13.2. The van der Waals surface area contributed by atoms with Crippen LogP contribution < -0.4 is 10.2 Å². The Bertz CT molecular complexity index is 872. The van der Waals surface area contributed by atoms with Crippen molar-refractivity contribution in [2.75, 3.05) is 16.8 Å². The molecule has 27 heavy (non-hydrogen) atoms. The van der Waals surface area contributed by atoms with Gasteiger partial charge >= 0.3 is 6.18 Å². The number of halogens is 5. The molecule has 1 fully saturated rings. The van der Waals surface area contributed by atoms with Crippen molar-refractivity contribution >= 4 is 29.0 Å². The van der Waals surface area contributed by atoms with Gasteiger partial charge in [-0.1, -0.05) is 11.6 Å². The monoisotopic (exact) mass is 401 g/mol.